The molecule has 0 aromatic carbocycles. The van der Waals surface area contributed by atoms with Crippen molar-refractivity contribution in [1.82, 2.24) is 13.7 Å². The summed E-state index contributed by atoms with van der Waals surface area (Å²) in [6.07, 6.45) is 1.12. The van der Waals surface area contributed by atoms with E-state index < -0.39 is 39.2 Å². The zero-order chi connectivity index (χ0) is 25.9. The molecule has 0 bridgehead atoms. The van der Waals surface area contributed by atoms with Crippen molar-refractivity contribution in [3.63, 3.8) is 0 Å². The molecule has 0 fully saturated rings. The highest BCUT2D eigenvalue weighted by Gasteiger charge is 2.27. The summed E-state index contributed by atoms with van der Waals surface area (Å²) in [7, 11) is -2.79. The third kappa shape index (κ3) is 7.40. The van der Waals surface area contributed by atoms with Crippen LogP contribution in [0.1, 0.15) is 60.8 Å². The first-order valence-corrected chi connectivity index (χ1v) is 18.9. The van der Waals surface area contributed by atoms with Crippen molar-refractivity contribution in [2.75, 3.05) is 0 Å². The lowest BCUT2D eigenvalue weighted by molar-refractivity contribution is -0.137. The van der Waals surface area contributed by atoms with Crippen molar-refractivity contribution < 1.29 is 9.90 Å². The zero-order valence-corrected chi connectivity index (χ0v) is 24.3. The number of hydrogen-bond donors (Lipinski definition) is 1. The fourth-order valence-corrected chi connectivity index (χ4v) is 12.2. The summed E-state index contributed by atoms with van der Waals surface area (Å²) in [5.41, 5.74) is -1.90. The molecular formula is C24H47N3O5Si2. The predicted octanol–water partition coefficient (Wildman–Crippen LogP) is 4.44. The molecule has 196 valence electrons. The summed E-state index contributed by atoms with van der Waals surface area (Å²) in [5, 5.41) is 9.09. The highest BCUT2D eigenvalue weighted by Crippen LogP contribution is 2.27. The second kappa shape index (κ2) is 14.0. The van der Waals surface area contributed by atoms with Crippen LogP contribution in [0.5, 0.6) is 0 Å². The number of aromatic nitrogens is 3. The van der Waals surface area contributed by atoms with Crippen LogP contribution in [0.3, 0.4) is 0 Å². The van der Waals surface area contributed by atoms with Crippen molar-refractivity contribution in [3.8, 4) is 0 Å². The summed E-state index contributed by atoms with van der Waals surface area (Å²) in [6.45, 7) is 13.7. The first-order valence-electron chi connectivity index (χ1n) is 13.3. The Morgan fingerprint density at radius 3 is 1.18 bits per heavy atom. The Bertz CT molecular complexity index is 878. The predicted molar refractivity (Wildman–Crippen MR) is 145 cm³/mol. The van der Waals surface area contributed by atoms with E-state index in [0.717, 1.165) is 29.5 Å². The molecule has 0 radical (unpaired) electrons. The molecule has 0 amide bonds. The van der Waals surface area contributed by atoms with Crippen LogP contribution in [0.25, 0.3) is 0 Å². The van der Waals surface area contributed by atoms with E-state index in [4.69, 9.17) is 5.11 Å². The number of carbonyl (C=O) groups is 1. The Hall–Kier alpha value is -1.69. The van der Waals surface area contributed by atoms with Crippen LogP contribution >= 0.6 is 0 Å². The maximum Gasteiger partial charge on any atom is 0.336 e. The standard InChI is InChI=1S/C24H47N3O5Si2/c1-7-33(8-2,9-3)19-13-16-25-22(30)26(17-14-20-34(10-4,11-5)12-6)24(32)27(23(25)31)18-15-21(28)29/h7-20H2,1-6H3,(H,28,29). The van der Waals surface area contributed by atoms with Gasteiger partial charge in [-0.2, -0.15) is 0 Å². The van der Waals surface area contributed by atoms with Gasteiger partial charge in [-0.05, 0) is 12.8 Å². The maximum atomic E-state index is 13.2. The Balaban J connectivity index is 3.31. The van der Waals surface area contributed by atoms with Gasteiger partial charge in [0, 0.05) is 19.6 Å². The van der Waals surface area contributed by atoms with Gasteiger partial charge < -0.3 is 5.11 Å². The molecule has 0 spiro atoms. The van der Waals surface area contributed by atoms with E-state index >= 15 is 0 Å². The molecule has 34 heavy (non-hydrogen) atoms. The normalized spacial score (nSPS) is 12.3. The van der Waals surface area contributed by atoms with E-state index in [1.807, 2.05) is 0 Å². The molecule has 0 saturated heterocycles. The minimum absolute atomic E-state index is 0.220. The first-order chi connectivity index (χ1) is 16.1. The van der Waals surface area contributed by atoms with E-state index in [1.165, 1.54) is 45.4 Å². The van der Waals surface area contributed by atoms with Crippen molar-refractivity contribution in [3.05, 3.63) is 31.5 Å². The van der Waals surface area contributed by atoms with Crippen LogP contribution in [0, 0.1) is 0 Å². The summed E-state index contributed by atoms with van der Waals surface area (Å²) >= 11 is 0. The minimum atomic E-state index is -1.39. The van der Waals surface area contributed by atoms with E-state index in [9.17, 15) is 19.2 Å². The molecule has 1 N–H and O–H groups in total. The van der Waals surface area contributed by atoms with Gasteiger partial charge in [0.2, 0.25) is 0 Å². The van der Waals surface area contributed by atoms with Crippen LogP contribution in [0.15, 0.2) is 14.4 Å². The summed E-state index contributed by atoms with van der Waals surface area (Å²) in [6, 6.07) is 9.13. The van der Waals surface area contributed by atoms with Crippen molar-refractivity contribution >= 4 is 22.1 Å². The van der Waals surface area contributed by atoms with Gasteiger partial charge in [-0.15, -0.1) is 0 Å². The average Bonchev–Trinajstić information content (AvgIpc) is 2.84. The van der Waals surface area contributed by atoms with Gasteiger partial charge in [0.1, 0.15) is 0 Å². The summed E-state index contributed by atoms with van der Waals surface area (Å²) < 4.78 is 3.30. The van der Waals surface area contributed by atoms with E-state index in [-0.39, 0.29) is 26.1 Å². The van der Waals surface area contributed by atoms with Crippen molar-refractivity contribution in [1.29, 1.82) is 0 Å². The van der Waals surface area contributed by atoms with Gasteiger partial charge in [-0.25, -0.2) is 28.1 Å². The van der Waals surface area contributed by atoms with Gasteiger partial charge >= 0.3 is 23.0 Å². The largest absolute Gasteiger partial charge is 0.481 e. The number of rotatable bonds is 17. The molecule has 0 saturated carbocycles. The fourth-order valence-electron chi connectivity index (χ4n) is 5.25. The number of carboxylic acid groups (broad SMARTS) is 1. The highest BCUT2D eigenvalue weighted by molar-refractivity contribution is 6.80. The quantitative estimate of drug-likeness (QED) is 0.310. The van der Waals surface area contributed by atoms with Crippen LogP contribution in [0.2, 0.25) is 48.4 Å². The lowest BCUT2D eigenvalue weighted by Gasteiger charge is -2.28. The number of aliphatic carboxylic acids is 1. The lowest BCUT2D eigenvalue weighted by atomic mass is 10.4. The molecule has 8 nitrogen and oxygen atoms in total. The second-order valence-corrected chi connectivity index (χ2v) is 21.0. The minimum Gasteiger partial charge on any atom is -0.481 e. The summed E-state index contributed by atoms with van der Waals surface area (Å²) in [4.78, 5) is 50.5. The number of hydrogen-bond acceptors (Lipinski definition) is 4. The molecule has 0 atom stereocenters. The molecular weight excluding hydrogens is 466 g/mol. The lowest BCUT2D eigenvalue weighted by Crippen LogP contribution is -2.55. The SMILES string of the molecule is CC[Si](CC)(CC)CCCn1c(=O)n(CCC[Si](CC)(CC)CC)c(=O)n(CCC(=O)O)c1=O. The maximum absolute atomic E-state index is 13.2. The second-order valence-electron chi connectivity index (χ2n) is 9.77. The Morgan fingerprint density at radius 1 is 0.618 bits per heavy atom. The first kappa shape index (κ1) is 30.3. The van der Waals surface area contributed by atoms with E-state index in [1.54, 1.807) is 0 Å². The van der Waals surface area contributed by atoms with Crippen molar-refractivity contribution in [2.45, 2.75) is 129 Å². The average molecular weight is 514 g/mol. The molecule has 0 aliphatic heterocycles. The van der Waals surface area contributed by atoms with Gasteiger partial charge in [0.25, 0.3) is 0 Å². The molecule has 10 heteroatoms. The topological polar surface area (TPSA) is 103 Å². The zero-order valence-electron chi connectivity index (χ0n) is 22.3. The third-order valence-electron chi connectivity index (χ3n) is 8.61. The van der Waals surface area contributed by atoms with Crippen LogP contribution < -0.4 is 17.1 Å². The molecule has 1 heterocycles. The van der Waals surface area contributed by atoms with E-state index in [2.05, 4.69) is 41.5 Å². The monoisotopic (exact) mass is 513 g/mol. The van der Waals surface area contributed by atoms with E-state index in [0.29, 0.717) is 0 Å². The fraction of sp³-hybridized carbons (Fsp3) is 0.833. The Kier molecular flexibility index (Phi) is 12.5. The Morgan fingerprint density at radius 2 is 0.912 bits per heavy atom. The van der Waals surface area contributed by atoms with Crippen molar-refractivity contribution in [2.24, 2.45) is 0 Å². The Labute approximate surface area is 206 Å². The summed E-state index contributed by atoms with van der Waals surface area (Å²) in [5.74, 6) is -1.08. The number of carboxylic acids is 1. The third-order valence-corrected chi connectivity index (χ3v) is 20.4. The molecule has 1 aromatic heterocycles. The van der Waals surface area contributed by atoms with Gasteiger partial charge in [0.05, 0.1) is 22.6 Å². The van der Waals surface area contributed by atoms with Crippen LogP contribution in [-0.2, 0) is 24.4 Å². The van der Waals surface area contributed by atoms with Crippen LogP contribution in [-0.4, -0.2) is 40.9 Å². The van der Waals surface area contributed by atoms with Gasteiger partial charge in [-0.1, -0.05) is 89.9 Å². The van der Waals surface area contributed by atoms with Crippen LogP contribution in [0.4, 0.5) is 0 Å². The molecule has 1 rings (SSSR count). The molecule has 1 aromatic rings. The van der Waals surface area contributed by atoms with Gasteiger partial charge in [-0.3, -0.25) is 4.79 Å². The number of nitrogens with zero attached hydrogens (tertiary/aromatic N) is 3. The highest BCUT2D eigenvalue weighted by atomic mass is 28.3. The van der Waals surface area contributed by atoms with Gasteiger partial charge in [0.15, 0.2) is 0 Å². The molecule has 0 aliphatic rings. The molecule has 0 unspecified atom stereocenters. The molecule has 0 aliphatic carbocycles. The smallest absolute Gasteiger partial charge is 0.336 e.